The van der Waals surface area contributed by atoms with E-state index >= 15 is 0 Å². The van der Waals surface area contributed by atoms with Crippen molar-refractivity contribution < 1.29 is 33.7 Å². The number of rotatable bonds is 4. The third-order valence-electron chi connectivity index (χ3n) is 2.52. The summed E-state index contributed by atoms with van der Waals surface area (Å²) in [5.74, 6) is -2.82. The molecule has 0 aromatic heterocycles. The molecule has 0 bridgehead atoms. The van der Waals surface area contributed by atoms with Crippen LogP contribution >= 0.6 is 11.8 Å². The summed E-state index contributed by atoms with van der Waals surface area (Å²) in [4.78, 5) is 34.3. The number of thioether (sulfide) groups is 1. The zero-order valence-corrected chi connectivity index (χ0v) is 11.4. The normalized spacial score (nSPS) is 22.1. The van der Waals surface area contributed by atoms with E-state index in [1.807, 2.05) is 0 Å². The third kappa shape index (κ3) is 3.19. The highest BCUT2D eigenvalue weighted by molar-refractivity contribution is 8.02. The molecule has 1 aliphatic rings. The fraction of sp³-hybridized carbons (Fsp3) is 0.545. The lowest BCUT2D eigenvalue weighted by molar-refractivity contribution is -0.306. The number of methoxy groups -OCH3 is 3. The lowest BCUT2D eigenvalue weighted by atomic mass is 10.1. The fourth-order valence-electron chi connectivity index (χ4n) is 1.57. The van der Waals surface area contributed by atoms with Crippen molar-refractivity contribution in [1.82, 2.24) is 0 Å². The second-order valence-corrected chi connectivity index (χ2v) is 4.89. The predicted octanol–water partition coefficient (Wildman–Crippen LogP) is -1.01. The van der Waals surface area contributed by atoms with Crippen LogP contribution in [0.15, 0.2) is 11.3 Å². The molecule has 0 radical (unpaired) electrons. The van der Waals surface area contributed by atoms with E-state index in [4.69, 9.17) is 0 Å². The van der Waals surface area contributed by atoms with Gasteiger partial charge < -0.3 is 19.3 Å². The van der Waals surface area contributed by atoms with Crippen LogP contribution in [0.1, 0.15) is 6.42 Å². The van der Waals surface area contributed by atoms with E-state index in [-0.39, 0.29) is 12.0 Å². The summed E-state index contributed by atoms with van der Waals surface area (Å²) in [5.41, 5.74) is -0.298. The molecule has 1 heterocycles. The largest absolute Gasteiger partial charge is 0.874 e. The van der Waals surface area contributed by atoms with Crippen molar-refractivity contribution in [3.05, 3.63) is 11.3 Å². The van der Waals surface area contributed by atoms with E-state index in [2.05, 4.69) is 14.2 Å². The molecule has 1 rings (SSSR count). The molecule has 8 heteroatoms. The molecular formula is C11H13O7S-. The van der Waals surface area contributed by atoms with Gasteiger partial charge >= 0.3 is 17.9 Å². The highest BCUT2D eigenvalue weighted by atomic mass is 32.2. The Morgan fingerprint density at radius 3 is 2.26 bits per heavy atom. The lowest BCUT2D eigenvalue weighted by Gasteiger charge is -2.17. The lowest BCUT2D eigenvalue weighted by Crippen LogP contribution is -2.26. The summed E-state index contributed by atoms with van der Waals surface area (Å²) in [6, 6.07) is 0. The van der Waals surface area contributed by atoms with Gasteiger partial charge in [0.15, 0.2) is 0 Å². The summed E-state index contributed by atoms with van der Waals surface area (Å²) in [6.07, 6.45) is -0.214. The van der Waals surface area contributed by atoms with Crippen LogP contribution < -0.4 is 5.11 Å². The molecule has 0 aromatic rings. The molecule has 2 atom stereocenters. The first-order chi connectivity index (χ1) is 8.96. The standard InChI is InChI=1S/C11H14O7S/c1-16-6(12)4-5-8(13)7(10(14)17-2)9(19-5)11(15)18-3/h5,9,13H,4H2,1-3H3/p-1. The Morgan fingerprint density at radius 2 is 1.79 bits per heavy atom. The average molecular weight is 289 g/mol. The monoisotopic (exact) mass is 289 g/mol. The van der Waals surface area contributed by atoms with Crippen LogP contribution in [0.4, 0.5) is 0 Å². The minimum Gasteiger partial charge on any atom is -0.874 e. The van der Waals surface area contributed by atoms with E-state index in [1.165, 1.54) is 7.11 Å². The first-order valence-electron chi connectivity index (χ1n) is 5.25. The Kier molecular flexibility index (Phi) is 5.22. The molecule has 0 amide bonds. The van der Waals surface area contributed by atoms with Crippen molar-refractivity contribution in [3.63, 3.8) is 0 Å². The average Bonchev–Trinajstić information content (AvgIpc) is 2.74. The molecule has 7 nitrogen and oxygen atoms in total. The van der Waals surface area contributed by atoms with Crippen LogP contribution in [0.3, 0.4) is 0 Å². The van der Waals surface area contributed by atoms with Crippen LogP contribution in [0.25, 0.3) is 0 Å². The van der Waals surface area contributed by atoms with Crippen molar-refractivity contribution in [2.24, 2.45) is 0 Å². The summed E-state index contributed by atoms with van der Waals surface area (Å²) >= 11 is 0.884. The van der Waals surface area contributed by atoms with Gasteiger partial charge in [0.1, 0.15) is 5.25 Å². The van der Waals surface area contributed by atoms with Gasteiger partial charge in [-0.1, -0.05) is 0 Å². The second kappa shape index (κ2) is 6.46. The van der Waals surface area contributed by atoms with E-state index in [0.29, 0.717) is 0 Å². The van der Waals surface area contributed by atoms with Crippen LogP contribution in [-0.2, 0) is 28.6 Å². The Bertz CT molecular complexity index is 429. The first kappa shape index (κ1) is 15.4. The minimum atomic E-state index is -1.07. The quantitative estimate of drug-likeness (QED) is 0.479. The van der Waals surface area contributed by atoms with Crippen LogP contribution in [0, 0.1) is 0 Å². The van der Waals surface area contributed by atoms with Gasteiger partial charge in [-0.25, -0.2) is 4.79 Å². The van der Waals surface area contributed by atoms with Gasteiger partial charge in [-0.15, -0.1) is 17.5 Å². The topological polar surface area (TPSA) is 102 Å². The zero-order chi connectivity index (χ0) is 14.6. The summed E-state index contributed by atoms with van der Waals surface area (Å²) < 4.78 is 13.5. The van der Waals surface area contributed by atoms with Crippen LogP contribution in [0.2, 0.25) is 0 Å². The second-order valence-electron chi connectivity index (χ2n) is 3.58. The van der Waals surface area contributed by atoms with Gasteiger partial charge in [-0.05, 0) is 0 Å². The fourth-order valence-corrected chi connectivity index (χ4v) is 2.94. The van der Waals surface area contributed by atoms with Gasteiger partial charge in [0.25, 0.3) is 0 Å². The molecule has 0 fully saturated rings. The molecule has 0 spiro atoms. The number of carbonyl (C=O) groups excluding carboxylic acids is 3. The van der Waals surface area contributed by atoms with Crippen molar-refractivity contribution in [3.8, 4) is 0 Å². The molecule has 0 aliphatic carbocycles. The third-order valence-corrected chi connectivity index (χ3v) is 3.93. The number of carbonyl (C=O) groups is 3. The zero-order valence-electron chi connectivity index (χ0n) is 10.6. The van der Waals surface area contributed by atoms with E-state index in [0.717, 1.165) is 26.0 Å². The highest BCUT2D eigenvalue weighted by Crippen LogP contribution is 2.39. The van der Waals surface area contributed by atoms with Crippen molar-refractivity contribution in [1.29, 1.82) is 0 Å². The molecule has 106 valence electrons. The van der Waals surface area contributed by atoms with Crippen LogP contribution in [-0.4, -0.2) is 49.7 Å². The van der Waals surface area contributed by atoms with Gasteiger partial charge in [0.2, 0.25) is 0 Å². The van der Waals surface area contributed by atoms with Gasteiger partial charge in [0.05, 0.1) is 33.3 Å². The number of ether oxygens (including phenoxy) is 3. The van der Waals surface area contributed by atoms with Crippen molar-refractivity contribution in [2.45, 2.75) is 16.9 Å². The summed E-state index contributed by atoms with van der Waals surface area (Å²) in [7, 11) is 3.44. The molecule has 19 heavy (non-hydrogen) atoms. The molecule has 0 saturated heterocycles. The van der Waals surface area contributed by atoms with Gasteiger partial charge in [-0.2, -0.15) is 0 Å². The van der Waals surface area contributed by atoms with Crippen molar-refractivity contribution in [2.75, 3.05) is 21.3 Å². The van der Waals surface area contributed by atoms with Gasteiger partial charge in [0, 0.05) is 5.25 Å². The summed E-state index contributed by atoms with van der Waals surface area (Å²) in [6.45, 7) is 0. The van der Waals surface area contributed by atoms with Crippen molar-refractivity contribution >= 4 is 29.7 Å². The Balaban J connectivity index is 3.02. The molecule has 0 aromatic carbocycles. The number of hydrogen-bond acceptors (Lipinski definition) is 8. The van der Waals surface area contributed by atoms with E-state index < -0.39 is 34.2 Å². The predicted molar refractivity (Wildman–Crippen MR) is 62.9 cm³/mol. The van der Waals surface area contributed by atoms with Crippen LogP contribution in [0.5, 0.6) is 0 Å². The maximum absolute atomic E-state index is 12.0. The maximum atomic E-state index is 12.0. The number of hydrogen-bond donors (Lipinski definition) is 0. The highest BCUT2D eigenvalue weighted by Gasteiger charge is 2.40. The Morgan fingerprint density at radius 1 is 1.16 bits per heavy atom. The molecular weight excluding hydrogens is 276 g/mol. The molecule has 0 N–H and O–H groups in total. The Labute approximate surface area is 113 Å². The smallest absolute Gasteiger partial charge is 0.334 e. The Hall–Kier alpha value is -1.70. The van der Waals surface area contributed by atoms with E-state index in [9.17, 15) is 19.5 Å². The summed E-state index contributed by atoms with van der Waals surface area (Å²) in [5, 5.41) is 10.1. The van der Waals surface area contributed by atoms with E-state index in [1.54, 1.807) is 0 Å². The maximum Gasteiger partial charge on any atom is 0.334 e. The number of esters is 3. The molecule has 0 saturated carbocycles. The first-order valence-corrected chi connectivity index (χ1v) is 6.20. The molecule has 2 unspecified atom stereocenters. The molecule has 1 aliphatic heterocycles. The minimum absolute atomic E-state index is 0.214. The van der Waals surface area contributed by atoms with Gasteiger partial charge in [-0.3, -0.25) is 9.59 Å². The SMILES string of the molecule is COC(=O)CC1SC(C(=O)OC)C(C(=O)OC)=C1[O-].